The fourth-order valence-electron chi connectivity index (χ4n) is 3.62. The molecule has 0 aliphatic heterocycles. The second-order valence-corrected chi connectivity index (χ2v) is 8.58. The Morgan fingerprint density at radius 1 is 1.45 bits per heavy atom. The number of nitrogens with zero attached hydrogens (tertiary/aromatic N) is 3. The van der Waals surface area contributed by atoms with Gasteiger partial charge in [0.15, 0.2) is 5.82 Å². The lowest BCUT2D eigenvalue weighted by Gasteiger charge is -2.19. The van der Waals surface area contributed by atoms with Gasteiger partial charge in [0.1, 0.15) is 28.5 Å². The Kier molecular flexibility index (Phi) is 5.75. The number of aryl methyl sites for hydroxylation is 1. The molecule has 164 valence electrons. The second kappa shape index (κ2) is 8.34. The zero-order valence-corrected chi connectivity index (χ0v) is 18.5. The zero-order chi connectivity index (χ0) is 22.3. The van der Waals surface area contributed by atoms with Gasteiger partial charge in [0.2, 0.25) is 0 Å². The van der Waals surface area contributed by atoms with Crippen molar-refractivity contribution >= 4 is 28.8 Å². The molecule has 31 heavy (non-hydrogen) atoms. The molecule has 0 saturated heterocycles. The number of aromatic nitrogens is 3. The summed E-state index contributed by atoms with van der Waals surface area (Å²) in [6.45, 7) is 6.00. The molecule has 0 atom stereocenters. The minimum absolute atomic E-state index is 0.138. The molecular weight excluding hydrogens is 421 g/mol. The molecule has 1 aliphatic rings. The third-order valence-corrected chi connectivity index (χ3v) is 5.53. The van der Waals surface area contributed by atoms with Crippen molar-refractivity contribution < 1.29 is 13.9 Å². The monoisotopic (exact) mass is 445 g/mol. The first-order chi connectivity index (χ1) is 14.8. The van der Waals surface area contributed by atoms with Crippen molar-refractivity contribution in [2.45, 2.75) is 46.1 Å². The molecule has 1 aliphatic carbocycles. The van der Waals surface area contributed by atoms with Crippen LogP contribution < -0.4 is 15.8 Å². The summed E-state index contributed by atoms with van der Waals surface area (Å²) in [6, 6.07) is 1.49. The molecule has 1 fully saturated rings. The largest absolute Gasteiger partial charge is 0.490 e. The first-order valence-electron chi connectivity index (χ1n) is 10.3. The van der Waals surface area contributed by atoms with Crippen molar-refractivity contribution in [1.29, 1.82) is 0 Å². The van der Waals surface area contributed by atoms with Gasteiger partial charge in [-0.3, -0.25) is 9.20 Å². The molecule has 0 bridgehead atoms. The third kappa shape index (κ3) is 4.30. The molecule has 1 amide bonds. The molecule has 1 aromatic carbocycles. The van der Waals surface area contributed by atoms with E-state index >= 15 is 4.39 Å². The van der Waals surface area contributed by atoms with Crippen LogP contribution in [-0.2, 0) is 6.42 Å². The van der Waals surface area contributed by atoms with Gasteiger partial charge in [0, 0.05) is 30.9 Å². The van der Waals surface area contributed by atoms with Gasteiger partial charge in [-0.15, -0.1) is 0 Å². The van der Waals surface area contributed by atoms with Crippen molar-refractivity contribution in [1.82, 2.24) is 19.7 Å². The van der Waals surface area contributed by atoms with Crippen LogP contribution in [0.2, 0.25) is 5.02 Å². The van der Waals surface area contributed by atoms with E-state index in [9.17, 15) is 4.79 Å². The first kappa shape index (κ1) is 21.4. The number of imidazole rings is 1. The number of carbonyl (C=O) groups excluding carboxylic acids is 1. The Hall–Kier alpha value is -2.87. The fraction of sp³-hybridized carbons (Fsp3) is 0.409. The average Bonchev–Trinajstić information content (AvgIpc) is 3.48. The van der Waals surface area contributed by atoms with E-state index in [4.69, 9.17) is 22.1 Å². The van der Waals surface area contributed by atoms with E-state index in [0.717, 1.165) is 18.5 Å². The summed E-state index contributed by atoms with van der Waals surface area (Å²) in [4.78, 5) is 21.6. The summed E-state index contributed by atoms with van der Waals surface area (Å²) in [7, 11) is 0. The van der Waals surface area contributed by atoms with E-state index in [2.05, 4.69) is 15.3 Å². The van der Waals surface area contributed by atoms with Gasteiger partial charge in [0.05, 0.1) is 16.8 Å². The molecule has 2 heterocycles. The number of halogens is 2. The Labute approximate surface area is 184 Å². The third-order valence-electron chi connectivity index (χ3n) is 5.26. The molecule has 3 N–H and O–H groups in total. The van der Waals surface area contributed by atoms with Crippen LogP contribution in [0.3, 0.4) is 0 Å². The minimum atomic E-state index is -0.785. The maximum absolute atomic E-state index is 15.0. The van der Waals surface area contributed by atoms with Gasteiger partial charge in [-0.25, -0.2) is 14.4 Å². The maximum atomic E-state index is 15.0. The van der Waals surface area contributed by atoms with Crippen LogP contribution in [0, 0.1) is 18.7 Å². The van der Waals surface area contributed by atoms with E-state index in [1.54, 1.807) is 12.4 Å². The summed E-state index contributed by atoms with van der Waals surface area (Å²) in [5.74, 6) is 0.352. The number of nitrogen functional groups attached to an aromatic ring is 1. The van der Waals surface area contributed by atoms with Crippen LogP contribution in [0.1, 0.15) is 54.1 Å². The zero-order valence-electron chi connectivity index (χ0n) is 17.7. The van der Waals surface area contributed by atoms with E-state index in [1.807, 2.05) is 25.2 Å². The van der Waals surface area contributed by atoms with Crippen LogP contribution in [0.5, 0.6) is 5.75 Å². The molecule has 1 saturated carbocycles. The van der Waals surface area contributed by atoms with Gasteiger partial charge in [-0.1, -0.05) is 11.6 Å². The van der Waals surface area contributed by atoms with Gasteiger partial charge < -0.3 is 15.8 Å². The summed E-state index contributed by atoms with van der Waals surface area (Å²) in [5, 5.41) is 2.67. The number of nitrogens with one attached hydrogen (secondary N) is 1. The summed E-state index contributed by atoms with van der Waals surface area (Å²) in [6.07, 6.45) is 5.49. The topological polar surface area (TPSA) is 94.5 Å². The van der Waals surface area contributed by atoms with Crippen LogP contribution in [0.15, 0.2) is 18.5 Å². The SMILES string of the molecule is Cc1nc(Cc2cc(Cl)c(F)c(C(=O)NCC3CC3)c2OC(C)C)n2ccnc(N)c12. The van der Waals surface area contributed by atoms with Crippen LogP contribution in [0.4, 0.5) is 10.2 Å². The lowest BCUT2D eigenvalue weighted by molar-refractivity contribution is 0.0941. The molecule has 9 heteroatoms. The van der Waals surface area contributed by atoms with Crippen molar-refractivity contribution in [3.05, 3.63) is 51.9 Å². The lowest BCUT2D eigenvalue weighted by atomic mass is 10.0. The summed E-state index contributed by atoms with van der Waals surface area (Å²) in [5.41, 5.74) is 7.84. The van der Waals surface area contributed by atoms with Crippen molar-refractivity contribution in [3.63, 3.8) is 0 Å². The number of nitrogens with two attached hydrogens (primary N) is 1. The van der Waals surface area contributed by atoms with E-state index < -0.39 is 11.7 Å². The number of fused-ring (bicyclic) bond motifs is 1. The number of ether oxygens (including phenoxy) is 1. The summed E-state index contributed by atoms with van der Waals surface area (Å²) >= 11 is 6.19. The highest BCUT2D eigenvalue weighted by molar-refractivity contribution is 6.31. The molecular formula is C22H25ClFN5O2. The van der Waals surface area contributed by atoms with Crippen molar-refractivity contribution in [2.24, 2.45) is 5.92 Å². The predicted molar refractivity (Wildman–Crippen MR) is 117 cm³/mol. The number of hydrogen-bond donors (Lipinski definition) is 2. The molecule has 3 aromatic rings. The van der Waals surface area contributed by atoms with Crippen LogP contribution >= 0.6 is 11.6 Å². The number of anilines is 1. The van der Waals surface area contributed by atoms with Gasteiger partial charge in [-0.05, 0) is 45.6 Å². The fourth-order valence-corrected chi connectivity index (χ4v) is 3.85. The van der Waals surface area contributed by atoms with Gasteiger partial charge in [-0.2, -0.15) is 0 Å². The molecule has 0 spiro atoms. The number of amides is 1. The van der Waals surface area contributed by atoms with E-state index in [-0.39, 0.29) is 28.9 Å². The highest BCUT2D eigenvalue weighted by Gasteiger charge is 2.28. The molecule has 7 nitrogen and oxygen atoms in total. The molecule has 0 radical (unpaired) electrons. The van der Waals surface area contributed by atoms with E-state index in [0.29, 0.717) is 35.2 Å². The van der Waals surface area contributed by atoms with Crippen LogP contribution in [0.25, 0.3) is 5.52 Å². The van der Waals surface area contributed by atoms with Crippen molar-refractivity contribution in [2.75, 3.05) is 12.3 Å². The minimum Gasteiger partial charge on any atom is -0.490 e. The molecule has 4 rings (SSSR count). The Bertz CT molecular complexity index is 1160. The number of carbonyl (C=O) groups is 1. The first-order valence-corrected chi connectivity index (χ1v) is 10.7. The number of benzene rings is 1. The van der Waals surface area contributed by atoms with Crippen molar-refractivity contribution in [3.8, 4) is 5.75 Å². The van der Waals surface area contributed by atoms with E-state index in [1.165, 1.54) is 6.07 Å². The highest BCUT2D eigenvalue weighted by Crippen LogP contribution is 2.35. The Balaban J connectivity index is 1.80. The van der Waals surface area contributed by atoms with Gasteiger partial charge >= 0.3 is 0 Å². The lowest BCUT2D eigenvalue weighted by Crippen LogP contribution is -2.28. The Morgan fingerprint density at radius 3 is 2.87 bits per heavy atom. The standard InChI is InChI=1S/C22H25ClFN5O2/c1-11(2)31-20-14(9-16-28-12(3)19-21(25)26-6-7-29(16)19)8-15(23)18(24)17(20)22(30)27-10-13-4-5-13/h6-8,11,13H,4-5,9-10H2,1-3H3,(H2,25,26)(H,27,30). The normalized spacial score (nSPS) is 13.7. The molecule has 2 aromatic heterocycles. The quantitative estimate of drug-likeness (QED) is 0.574. The number of rotatable bonds is 7. The van der Waals surface area contributed by atoms with Gasteiger partial charge in [0.25, 0.3) is 5.91 Å². The highest BCUT2D eigenvalue weighted by atomic mass is 35.5. The smallest absolute Gasteiger partial charge is 0.258 e. The summed E-state index contributed by atoms with van der Waals surface area (Å²) < 4.78 is 22.8. The number of hydrogen-bond acceptors (Lipinski definition) is 5. The average molecular weight is 446 g/mol. The Morgan fingerprint density at radius 2 is 2.19 bits per heavy atom. The predicted octanol–water partition coefficient (Wildman–Crippen LogP) is 3.93. The molecule has 0 unspecified atom stereocenters. The second-order valence-electron chi connectivity index (χ2n) is 8.18. The van der Waals surface area contributed by atoms with Crippen LogP contribution in [-0.4, -0.2) is 32.9 Å². The maximum Gasteiger partial charge on any atom is 0.258 e.